The number of amides is 2. The number of fused-ring (bicyclic) bond motifs is 1. The summed E-state index contributed by atoms with van der Waals surface area (Å²) >= 11 is 6.10. The molecule has 4 rings (SSSR count). The van der Waals surface area contributed by atoms with Gasteiger partial charge in [0.15, 0.2) is 0 Å². The third kappa shape index (κ3) is 4.92. The molecule has 1 aliphatic carbocycles. The molecule has 0 aliphatic heterocycles. The number of benzene rings is 3. The second kappa shape index (κ2) is 9.64. The smallest absolute Gasteiger partial charge is 0.314 e. The van der Waals surface area contributed by atoms with Crippen molar-refractivity contribution in [3.63, 3.8) is 0 Å². The second-order valence-corrected chi connectivity index (χ2v) is 7.95. The lowest BCUT2D eigenvalue weighted by Gasteiger charge is -2.35. The van der Waals surface area contributed by atoms with Gasteiger partial charge in [-0.05, 0) is 54.2 Å². The lowest BCUT2D eigenvalue weighted by molar-refractivity contribution is 0.188. The predicted molar refractivity (Wildman–Crippen MR) is 125 cm³/mol. The molecular formula is C26H25ClN2O. The molecular weight excluding hydrogens is 392 g/mol. The topological polar surface area (TPSA) is 32.3 Å². The number of nitrogens with zero attached hydrogens (tertiary/aromatic N) is 1. The van der Waals surface area contributed by atoms with E-state index in [1.54, 1.807) is 12.1 Å². The van der Waals surface area contributed by atoms with E-state index in [0.717, 1.165) is 24.8 Å². The minimum Gasteiger partial charge on any atom is -0.314 e. The maximum Gasteiger partial charge on any atom is 0.322 e. The van der Waals surface area contributed by atoms with Gasteiger partial charge in [-0.3, -0.25) is 0 Å². The van der Waals surface area contributed by atoms with Crippen LogP contribution in [0.25, 0.3) is 6.08 Å². The summed E-state index contributed by atoms with van der Waals surface area (Å²) in [7, 11) is 0. The van der Waals surface area contributed by atoms with Crippen LogP contribution < -0.4 is 5.32 Å². The van der Waals surface area contributed by atoms with Crippen molar-refractivity contribution in [1.29, 1.82) is 0 Å². The molecule has 3 aromatic rings. The first kappa shape index (κ1) is 20.2. The lowest BCUT2D eigenvalue weighted by atomic mass is 9.87. The number of urea groups is 1. The molecule has 3 aromatic carbocycles. The van der Waals surface area contributed by atoms with Crippen molar-refractivity contribution in [3.05, 3.63) is 107 Å². The van der Waals surface area contributed by atoms with Crippen molar-refractivity contribution in [2.24, 2.45) is 0 Å². The number of aryl methyl sites for hydroxylation is 1. The van der Waals surface area contributed by atoms with Gasteiger partial charge >= 0.3 is 6.03 Å². The largest absolute Gasteiger partial charge is 0.322 e. The van der Waals surface area contributed by atoms with E-state index in [2.05, 4.69) is 53.9 Å². The fraction of sp³-hybridized carbons (Fsp3) is 0.192. The van der Waals surface area contributed by atoms with Crippen LogP contribution in [-0.2, 0) is 6.42 Å². The van der Waals surface area contributed by atoms with Crippen LogP contribution >= 0.6 is 11.6 Å². The zero-order valence-corrected chi connectivity index (χ0v) is 17.6. The number of anilines is 1. The Morgan fingerprint density at radius 3 is 2.67 bits per heavy atom. The molecule has 0 heterocycles. The normalized spacial score (nSPS) is 15.6. The highest BCUT2D eigenvalue weighted by Crippen LogP contribution is 2.34. The first-order chi connectivity index (χ1) is 14.7. The Morgan fingerprint density at radius 2 is 1.83 bits per heavy atom. The Labute approximate surface area is 183 Å². The fourth-order valence-electron chi connectivity index (χ4n) is 4.03. The Hall–Kier alpha value is -3.04. The van der Waals surface area contributed by atoms with Crippen LogP contribution in [0.2, 0.25) is 5.02 Å². The summed E-state index contributed by atoms with van der Waals surface area (Å²) in [6.45, 7) is 0.528. The molecule has 0 fully saturated rings. The molecule has 0 bridgehead atoms. The summed E-state index contributed by atoms with van der Waals surface area (Å²) in [6, 6.07) is 25.8. The molecule has 30 heavy (non-hydrogen) atoms. The van der Waals surface area contributed by atoms with Crippen LogP contribution in [0.4, 0.5) is 10.5 Å². The molecule has 0 spiro atoms. The number of carbonyl (C=O) groups is 1. The molecule has 0 aromatic heterocycles. The van der Waals surface area contributed by atoms with Gasteiger partial charge in [0.25, 0.3) is 0 Å². The zero-order valence-electron chi connectivity index (χ0n) is 16.8. The highest BCUT2D eigenvalue weighted by Gasteiger charge is 2.28. The quantitative estimate of drug-likeness (QED) is 0.478. The van der Waals surface area contributed by atoms with Crippen LogP contribution in [0.15, 0.2) is 84.9 Å². The number of rotatable bonds is 5. The van der Waals surface area contributed by atoms with Gasteiger partial charge in [-0.1, -0.05) is 84.4 Å². The Balaban J connectivity index is 1.59. The van der Waals surface area contributed by atoms with Crippen molar-refractivity contribution < 1.29 is 4.79 Å². The molecule has 4 heteroatoms. The number of nitrogens with one attached hydrogen (secondary N) is 1. The Morgan fingerprint density at radius 1 is 1.03 bits per heavy atom. The van der Waals surface area contributed by atoms with E-state index in [1.807, 2.05) is 35.2 Å². The van der Waals surface area contributed by atoms with Crippen LogP contribution in [0, 0.1) is 0 Å². The minimum atomic E-state index is -0.114. The number of hydrogen-bond donors (Lipinski definition) is 1. The molecule has 1 unspecified atom stereocenters. The summed E-state index contributed by atoms with van der Waals surface area (Å²) in [5.74, 6) is 0. The third-order valence-electron chi connectivity index (χ3n) is 5.46. The average Bonchev–Trinajstić information content (AvgIpc) is 2.77. The summed E-state index contributed by atoms with van der Waals surface area (Å²) in [5, 5.41) is 3.63. The predicted octanol–water partition coefficient (Wildman–Crippen LogP) is 6.96. The molecule has 0 saturated carbocycles. The SMILES string of the molecule is O=C(Nc1cccc(Cl)c1)N(C/C=C/c1ccccc1)C1CCCc2ccccc21. The monoisotopic (exact) mass is 416 g/mol. The van der Waals surface area contributed by atoms with Crippen LogP contribution in [0.5, 0.6) is 0 Å². The maximum absolute atomic E-state index is 13.3. The van der Waals surface area contributed by atoms with E-state index in [1.165, 1.54) is 11.1 Å². The third-order valence-corrected chi connectivity index (χ3v) is 5.70. The van der Waals surface area contributed by atoms with Gasteiger partial charge in [-0.25, -0.2) is 4.79 Å². The summed E-state index contributed by atoms with van der Waals surface area (Å²) < 4.78 is 0. The van der Waals surface area contributed by atoms with Gasteiger partial charge in [0.1, 0.15) is 0 Å². The van der Waals surface area contributed by atoms with Crippen molar-refractivity contribution in [3.8, 4) is 0 Å². The second-order valence-electron chi connectivity index (χ2n) is 7.51. The molecule has 1 aliphatic rings. The number of halogens is 1. The Bertz CT molecular complexity index is 1030. The molecule has 152 valence electrons. The average molecular weight is 417 g/mol. The maximum atomic E-state index is 13.3. The zero-order chi connectivity index (χ0) is 20.8. The highest BCUT2D eigenvalue weighted by atomic mass is 35.5. The Kier molecular flexibility index (Phi) is 6.50. The molecule has 0 radical (unpaired) electrons. The molecule has 1 N–H and O–H groups in total. The first-order valence-corrected chi connectivity index (χ1v) is 10.7. The highest BCUT2D eigenvalue weighted by molar-refractivity contribution is 6.30. The first-order valence-electron chi connectivity index (χ1n) is 10.3. The van der Waals surface area contributed by atoms with Crippen molar-refractivity contribution >= 4 is 29.4 Å². The fourth-order valence-corrected chi connectivity index (χ4v) is 4.22. The van der Waals surface area contributed by atoms with Crippen molar-refractivity contribution in [1.82, 2.24) is 4.90 Å². The van der Waals surface area contributed by atoms with Crippen molar-refractivity contribution in [2.75, 3.05) is 11.9 Å². The lowest BCUT2D eigenvalue weighted by Crippen LogP contribution is -2.39. The van der Waals surface area contributed by atoms with Crippen LogP contribution in [0.1, 0.15) is 35.6 Å². The van der Waals surface area contributed by atoms with E-state index in [4.69, 9.17) is 11.6 Å². The van der Waals surface area contributed by atoms with Gasteiger partial charge in [0, 0.05) is 17.3 Å². The summed E-state index contributed by atoms with van der Waals surface area (Å²) in [4.78, 5) is 15.2. The summed E-state index contributed by atoms with van der Waals surface area (Å²) in [6.07, 6.45) is 7.22. The molecule has 2 amide bonds. The van der Waals surface area contributed by atoms with E-state index >= 15 is 0 Å². The molecule has 0 saturated heterocycles. The summed E-state index contributed by atoms with van der Waals surface area (Å²) in [5.41, 5.74) is 4.41. The number of hydrogen-bond acceptors (Lipinski definition) is 1. The number of carbonyl (C=O) groups excluding carboxylic acids is 1. The van der Waals surface area contributed by atoms with Gasteiger partial charge in [-0.15, -0.1) is 0 Å². The van der Waals surface area contributed by atoms with E-state index in [0.29, 0.717) is 17.3 Å². The van der Waals surface area contributed by atoms with Gasteiger partial charge in [0.2, 0.25) is 0 Å². The van der Waals surface area contributed by atoms with E-state index in [-0.39, 0.29) is 12.1 Å². The standard InChI is InChI=1S/C26H25ClN2O/c27-22-14-7-15-23(19-22)28-26(30)29(18-8-11-20-9-2-1-3-10-20)25-17-6-13-21-12-4-5-16-24(21)25/h1-5,7-12,14-16,19,25H,6,13,17-18H2,(H,28,30)/b11-8+. The minimum absolute atomic E-state index is 0.0505. The van der Waals surface area contributed by atoms with Crippen LogP contribution in [-0.4, -0.2) is 17.5 Å². The van der Waals surface area contributed by atoms with Gasteiger partial charge < -0.3 is 10.2 Å². The van der Waals surface area contributed by atoms with Gasteiger partial charge in [0.05, 0.1) is 6.04 Å². The molecule has 3 nitrogen and oxygen atoms in total. The van der Waals surface area contributed by atoms with Gasteiger partial charge in [-0.2, -0.15) is 0 Å². The van der Waals surface area contributed by atoms with E-state index < -0.39 is 0 Å². The van der Waals surface area contributed by atoms with Crippen LogP contribution in [0.3, 0.4) is 0 Å². The van der Waals surface area contributed by atoms with Crippen molar-refractivity contribution in [2.45, 2.75) is 25.3 Å². The molecule has 1 atom stereocenters. The van der Waals surface area contributed by atoms with E-state index in [9.17, 15) is 4.79 Å².